The zero-order valence-corrected chi connectivity index (χ0v) is 11.5. The van der Waals surface area contributed by atoms with Gasteiger partial charge in [-0.25, -0.2) is 5.10 Å². The normalized spacial score (nSPS) is 11.1. The van der Waals surface area contributed by atoms with E-state index in [9.17, 15) is 0 Å². The highest BCUT2D eigenvalue weighted by atomic mass is 15.3. The Morgan fingerprint density at radius 1 is 1.05 bits per heavy atom. The monoisotopic (exact) mass is 276 g/mol. The number of benzene rings is 2. The molecule has 5 nitrogen and oxygen atoms in total. The largest absolute Gasteiger partial charge is 0.408 e. The van der Waals surface area contributed by atoms with E-state index in [1.807, 2.05) is 29.6 Å². The lowest BCUT2D eigenvalue weighted by Gasteiger charge is -2.05. The van der Waals surface area contributed by atoms with E-state index in [4.69, 9.17) is 0 Å². The van der Waals surface area contributed by atoms with Crippen LogP contribution in [0.15, 0.2) is 54.9 Å². The zero-order chi connectivity index (χ0) is 14.2. The smallest absolute Gasteiger partial charge is 0.288 e. The topological polar surface area (TPSA) is 57.7 Å². The highest BCUT2D eigenvalue weighted by Crippen LogP contribution is 2.21. The van der Waals surface area contributed by atoms with E-state index in [1.165, 1.54) is 10.8 Å². The molecule has 0 bridgehead atoms. The Hall–Kier alpha value is -2.95. The van der Waals surface area contributed by atoms with E-state index in [1.54, 1.807) is 6.33 Å². The Morgan fingerprint density at radius 2 is 1.90 bits per heavy atom. The van der Waals surface area contributed by atoms with Crippen LogP contribution in [0.5, 0.6) is 0 Å². The Balaban J connectivity index is 1.80. The van der Waals surface area contributed by atoms with Crippen LogP contribution in [0, 0.1) is 6.92 Å². The minimum absolute atomic E-state index is 0.651. The van der Waals surface area contributed by atoms with E-state index >= 15 is 0 Å². The molecule has 21 heavy (non-hydrogen) atoms. The van der Waals surface area contributed by atoms with E-state index < -0.39 is 0 Å². The average molecular weight is 276 g/mol. The van der Waals surface area contributed by atoms with Crippen LogP contribution in [0.3, 0.4) is 0 Å². The second-order valence-electron chi connectivity index (χ2n) is 4.99. The number of H-pyrrole nitrogens is 1. The van der Waals surface area contributed by atoms with Crippen molar-refractivity contribution in [2.75, 3.05) is 5.32 Å². The maximum absolute atomic E-state index is 4.37. The molecular formula is C16H14N5+. The molecule has 5 heteroatoms. The van der Waals surface area contributed by atoms with Gasteiger partial charge in [-0.1, -0.05) is 35.3 Å². The number of anilines is 2. The van der Waals surface area contributed by atoms with Gasteiger partial charge in [-0.05, 0) is 29.8 Å². The number of hydrogen-bond acceptors (Lipinski definition) is 3. The molecular weight excluding hydrogens is 262 g/mol. The lowest BCUT2D eigenvalue weighted by atomic mass is 10.1. The predicted octanol–water partition coefficient (Wildman–Crippen LogP) is 2.75. The van der Waals surface area contributed by atoms with Crippen molar-refractivity contribution in [2.24, 2.45) is 0 Å². The summed E-state index contributed by atoms with van der Waals surface area (Å²) in [6.07, 6.45) is 1.63. The number of rotatable bonds is 2. The second kappa shape index (κ2) is 4.56. The van der Waals surface area contributed by atoms with Gasteiger partial charge in [0.2, 0.25) is 5.82 Å². The van der Waals surface area contributed by atoms with Gasteiger partial charge in [0.25, 0.3) is 0 Å². The third-order valence-corrected chi connectivity index (χ3v) is 3.45. The standard InChI is InChI=1S/C16H13N5/c1-11-8-15(21-16(19-11)17-10-18-21)20-14-7-6-12-4-2-3-5-13(12)9-14/h2-10H,1H3,(H,17,18,19,20)/p+1. The summed E-state index contributed by atoms with van der Waals surface area (Å²) < 4.78 is 1.82. The summed E-state index contributed by atoms with van der Waals surface area (Å²) in [5, 5.41) is 8.91. The molecule has 0 spiro atoms. The average Bonchev–Trinajstić information content (AvgIpc) is 2.95. The first-order valence-electron chi connectivity index (χ1n) is 6.78. The summed E-state index contributed by atoms with van der Waals surface area (Å²) in [5.74, 6) is 1.56. The van der Waals surface area contributed by atoms with Gasteiger partial charge in [0.1, 0.15) is 5.69 Å². The quantitative estimate of drug-likeness (QED) is 0.553. The van der Waals surface area contributed by atoms with Gasteiger partial charge < -0.3 is 0 Å². The van der Waals surface area contributed by atoms with Crippen LogP contribution in [-0.2, 0) is 0 Å². The predicted molar refractivity (Wildman–Crippen MR) is 81.5 cm³/mol. The van der Waals surface area contributed by atoms with Crippen LogP contribution in [0.4, 0.5) is 11.5 Å². The molecule has 0 aliphatic rings. The van der Waals surface area contributed by atoms with E-state index in [2.05, 4.69) is 50.7 Å². The fraction of sp³-hybridized carbons (Fsp3) is 0.0625. The minimum Gasteiger partial charge on any atom is -0.288 e. The number of nitrogens with one attached hydrogen (secondary N) is 2. The fourth-order valence-electron chi connectivity index (χ4n) is 2.48. The number of aromatic amines is 1. The summed E-state index contributed by atoms with van der Waals surface area (Å²) in [6.45, 7) is 1.96. The molecule has 0 fully saturated rings. The van der Waals surface area contributed by atoms with Gasteiger partial charge in [0.05, 0.1) is 5.69 Å². The van der Waals surface area contributed by atoms with Crippen LogP contribution in [0.2, 0.25) is 0 Å². The van der Waals surface area contributed by atoms with Crippen LogP contribution < -0.4 is 9.83 Å². The molecule has 0 atom stereocenters. The van der Waals surface area contributed by atoms with Crippen molar-refractivity contribution < 1.29 is 4.52 Å². The summed E-state index contributed by atoms with van der Waals surface area (Å²) in [5.41, 5.74) is 1.95. The molecule has 0 unspecified atom stereocenters. The molecule has 2 aromatic heterocycles. The van der Waals surface area contributed by atoms with Crippen LogP contribution >= 0.6 is 0 Å². The Bertz CT molecular complexity index is 942. The molecule has 2 aromatic carbocycles. The molecule has 4 rings (SSSR count). The molecule has 0 saturated carbocycles. The van der Waals surface area contributed by atoms with Crippen molar-refractivity contribution in [1.29, 1.82) is 0 Å². The van der Waals surface area contributed by atoms with Crippen molar-refractivity contribution in [2.45, 2.75) is 6.92 Å². The van der Waals surface area contributed by atoms with E-state index in [-0.39, 0.29) is 0 Å². The third-order valence-electron chi connectivity index (χ3n) is 3.45. The van der Waals surface area contributed by atoms with E-state index in [0.29, 0.717) is 5.78 Å². The molecule has 102 valence electrons. The van der Waals surface area contributed by atoms with Crippen LogP contribution in [0.25, 0.3) is 16.6 Å². The van der Waals surface area contributed by atoms with Crippen molar-refractivity contribution in [3.63, 3.8) is 0 Å². The van der Waals surface area contributed by atoms with Gasteiger partial charge in [-0.2, -0.15) is 0 Å². The number of aryl methyl sites for hydroxylation is 1. The highest BCUT2D eigenvalue weighted by molar-refractivity contribution is 5.86. The van der Waals surface area contributed by atoms with E-state index in [0.717, 1.165) is 17.2 Å². The fourth-order valence-corrected chi connectivity index (χ4v) is 2.48. The summed E-state index contributed by atoms with van der Waals surface area (Å²) in [6, 6.07) is 16.6. The Morgan fingerprint density at radius 3 is 2.81 bits per heavy atom. The lowest BCUT2D eigenvalue weighted by molar-refractivity contribution is -0.564. The summed E-state index contributed by atoms with van der Waals surface area (Å²) in [7, 11) is 0. The Labute approximate surface area is 121 Å². The minimum atomic E-state index is 0.651. The number of nitrogens with zero attached hydrogens (tertiary/aromatic N) is 3. The van der Waals surface area contributed by atoms with Crippen LogP contribution in [-0.4, -0.2) is 15.1 Å². The zero-order valence-electron chi connectivity index (χ0n) is 11.5. The number of fused-ring (bicyclic) bond motifs is 2. The highest BCUT2D eigenvalue weighted by Gasteiger charge is 2.12. The molecule has 2 N–H and O–H groups in total. The van der Waals surface area contributed by atoms with Gasteiger partial charge in [-0.15, -0.1) is 9.50 Å². The van der Waals surface area contributed by atoms with Crippen LogP contribution in [0.1, 0.15) is 5.69 Å². The molecule has 0 radical (unpaired) electrons. The van der Waals surface area contributed by atoms with Gasteiger partial charge in [0, 0.05) is 6.07 Å². The second-order valence-corrected chi connectivity index (χ2v) is 4.99. The van der Waals surface area contributed by atoms with Crippen molar-refractivity contribution in [1.82, 2.24) is 15.1 Å². The van der Waals surface area contributed by atoms with Gasteiger partial charge in [-0.3, -0.25) is 5.32 Å². The summed E-state index contributed by atoms with van der Waals surface area (Å²) in [4.78, 5) is 8.56. The molecule has 0 aliphatic carbocycles. The van der Waals surface area contributed by atoms with Gasteiger partial charge >= 0.3 is 5.78 Å². The summed E-state index contributed by atoms with van der Waals surface area (Å²) >= 11 is 0. The first-order valence-corrected chi connectivity index (χ1v) is 6.78. The number of hydrogen-bond donors (Lipinski definition) is 2. The third kappa shape index (κ3) is 2.08. The maximum atomic E-state index is 4.37. The molecule has 0 amide bonds. The number of aromatic nitrogens is 4. The van der Waals surface area contributed by atoms with Crippen molar-refractivity contribution >= 4 is 28.1 Å². The maximum Gasteiger partial charge on any atom is 0.408 e. The lowest BCUT2D eigenvalue weighted by Crippen LogP contribution is -2.28. The van der Waals surface area contributed by atoms with Gasteiger partial charge in [0.15, 0.2) is 6.33 Å². The molecule has 0 aliphatic heterocycles. The first-order chi connectivity index (χ1) is 10.3. The molecule has 2 heterocycles. The molecule has 0 saturated heterocycles. The SMILES string of the molecule is Cc1cc(Nc2ccc3ccccc3c2)[n+]2[nH]cnc2n1. The molecule has 4 aromatic rings. The Kier molecular flexibility index (Phi) is 2.57. The first kappa shape index (κ1) is 11.8. The van der Waals surface area contributed by atoms with Crippen molar-refractivity contribution in [3.05, 3.63) is 60.6 Å². The van der Waals surface area contributed by atoms with Crippen molar-refractivity contribution in [3.8, 4) is 0 Å².